The summed E-state index contributed by atoms with van der Waals surface area (Å²) in [5, 5.41) is 9.69. The van der Waals surface area contributed by atoms with Crippen LogP contribution in [0.15, 0.2) is 30.3 Å². The Morgan fingerprint density at radius 3 is 2.27 bits per heavy atom. The molecule has 5 nitrogen and oxygen atoms in total. The Bertz CT molecular complexity index is 463. The fraction of sp³-hybridized carbons (Fsp3) is 0.471. The molecule has 5 heteroatoms. The van der Waals surface area contributed by atoms with E-state index in [1.807, 2.05) is 19.9 Å². The third-order valence-corrected chi connectivity index (χ3v) is 3.07. The summed E-state index contributed by atoms with van der Waals surface area (Å²) in [5.74, 6) is 0.0318. The average molecular weight is 307 g/mol. The van der Waals surface area contributed by atoms with Crippen molar-refractivity contribution in [3.63, 3.8) is 0 Å². The van der Waals surface area contributed by atoms with Gasteiger partial charge in [0.25, 0.3) is 0 Å². The van der Waals surface area contributed by atoms with Crippen molar-refractivity contribution in [3.05, 3.63) is 35.9 Å². The number of benzene rings is 1. The third-order valence-electron chi connectivity index (χ3n) is 3.07. The first-order chi connectivity index (χ1) is 10.7. The number of hydrogen-bond acceptors (Lipinski definition) is 4. The lowest BCUT2D eigenvalue weighted by Crippen LogP contribution is -2.35. The lowest BCUT2D eigenvalue weighted by atomic mass is 10.2. The summed E-state index contributed by atoms with van der Waals surface area (Å²) in [4.78, 5) is 13.9. The SMILES string of the molecule is CCOCCN(CCOCC)C(=O)/C=C/c1ccccc1O. The lowest BCUT2D eigenvalue weighted by molar-refractivity contribution is -0.127. The van der Waals surface area contributed by atoms with Gasteiger partial charge in [-0.15, -0.1) is 0 Å². The zero-order valence-corrected chi connectivity index (χ0v) is 13.3. The van der Waals surface area contributed by atoms with Crippen molar-refractivity contribution < 1.29 is 19.4 Å². The molecule has 22 heavy (non-hydrogen) atoms. The van der Waals surface area contributed by atoms with E-state index in [-0.39, 0.29) is 11.7 Å². The molecule has 0 fully saturated rings. The van der Waals surface area contributed by atoms with Crippen LogP contribution < -0.4 is 0 Å². The van der Waals surface area contributed by atoms with Gasteiger partial charge >= 0.3 is 0 Å². The minimum Gasteiger partial charge on any atom is -0.507 e. The smallest absolute Gasteiger partial charge is 0.246 e. The first-order valence-electron chi connectivity index (χ1n) is 7.59. The molecule has 0 aliphatic heterocycles. The van der Waals surface area contributed by atoms with Gasteiger partial charge in [0.15, 0.2) is 0 Å². The number of ether oxygens (including phenoxy) is 2. The maximum absolute atomic E-state index is 12.3. The molecule has 1 N–H and O–H groups in total. The highest BCUT2D eigenvalue weighted by Gasteiger charge is 2.10. The Morgan fingerprint density at radius 1 is 1.14 bits per heavy atom. The van der Waals surface area contributed by atoms with E-state index in [1.165, 1.54) is 6.08 Å². The second-order valence-corrected chi connectivity index (χ2v) is 4.61. The summed E-state index contributed by atoms with van der Waals surface area (Å²) >= 11 is 0. The van der Waals surface area contributed by atoms with Gasteiger partial charge in [-0.3, -0.25) is 4.79 Å². The summed E-state index contributed by atoms with van der Waals surface area (Å²) in [6.07, 6.45) is 3.08. The first-order valence-corrected chi connectivity index (χ1v) is 7.59. The fourth-order valence-electron chi connectivity index (χ4n) is 1.87. The molecule has 0 saturated carbocycles. The second kappa shape index (κ2) is 10.8. The van der Waals surface area contributed by atoms with E-state index < -0.39 is 0 Å². The van der Waals surface area contributed by atoms with Gasteiger partial charge in [0.2, 0.25) is 5.91 Å². The number of para-hydroxylation sites is 1. The maximum atomic E-state index is 12.3. The molecule has 122 valence electrons. The van der Waals surface area contributed by atoms with Crippen molar-refractivity contribution in [3.8, 4) is 5.75 Å². The molecule has 0 atom stereocenters. The van der Waals surface area contributed by atoms with Crippen molar-refractivity contribution in [2.75, 3.05) is 39.5 Å². The molecule has 0 aliphatic carbocycles. The van der Waals surface area contributed by atoms with E-state index in [0.717, 1.165) is 0 Å². The molecule has 1 rings (SSSR count). The Hall–Kier alpha value is -1.85. The molecular weight excluding hydrogens is 282 g/mol. The van der Waals surface area contributed by atoms with E-state index >= 15 is 0 Å². The van der Waals surface area contributed by atoms with Gasteiger partial charge in [0.05, 0.1) is 13.2 Å². The second-order valence-electron chi connectivity index (χ2n) is 4.61. The Morgan fingerprint density at radius 2 is 1.73 bits per heavy atom. The van der Waals surface area contributed by atoms with Crippen molar-refractivity contribution in [1.29, 1.82) is 0 Å². The molecule has 1 aromatic rings. The molecule has 0 saturated heterocycles. The van der Waals surface area contributed by atoms with Crippen LogP contribution in [-0.2, 0) is 14.3 Å². The van der Waals surface area contributed by atoms with Crippen LogP contribution in [0.3, 0.4) is 0 Å². The van der Waals surface area contributed by atoms with Crippen LogP contribution in [0.1, 0.15) is 19.4 Å². The van der Waals surface area contributed by atoms with Gasteiger partial charge in [0, 0.05) is 37.9 Å². The zero-order chi connectivity index (χ0) is 16.2. The maximum Gasteiger partial charge on any atom is 0.246 e. The Balaban J connectivity index is 2.62. The van der Waals surface area contributed by atoms with E-state index in [0.29, 0.717) is 45.1 Å². The van der Waals surface area contributed by atoms with Gasteiger partial charge in [0.1, 0.15) is 5.75 Å². The molecule has 0 radical (unpaired) electrons. The summed E-state index contributed by atoms with van der Waals surface area (Å²) in [6.45, 7) is 7.13. The van der Waals surface area contributed by atoms with E-state index in [2.05, 4.69) is 0 Å². The number of rotatable bonds is 10. The largest absolute Gasteiger partial charge is 0.507 e. The molecule has 0 bridgehead atoms. The van der Waals surface area contributed by atoms with Crippen molar-refractivity contribution in [1.82, 2.24) is 4.90 Å². The molecule has 0 unspecified atom stereocenters. The molecule has 1 aromatic carbocycles. The highest BCUT2D eigenvalue weighted by atomic mass is 16.5. The van der Waals surface area contributed by atoms with E-state index in [9.17, 15) is 9.90 Å². The molecule has 0 spiro atoms. The van der Waals surface area contributed by atoms with Crippen LogP contribution >= 0.6 is 0 Å². The summed E-state index contributed by atoms with van der Waals surface area (Å²) in [5.41, 5.74) is 0.616. The summed E-state index contributed by atoms with van der Waals surface area (Å²) in [7, 11) is 0. The number of phenolic OH excluding ortho intramolecular Hbond substituents is 1. The van der Waals surface area contributed by atoms with Gasteiger partial charge in [-0.2, -0.15) is 0 Å². The number of aromatic hydroxyl groups is 1. The molecule has 1 amide bonds. The van der Waals surface area contributed by atoms with Crippen LogP contribution in [0, 0.1) is 0 Å². The normalized spacial score (nSPS) is 11.0. The van der Waals surface area contributed by atoms with Crippen LogP contribution in [0.5, 0.6) is 5.75 Å². The highest BCUT2D eigenvalue weighted by molar-refractivity contribution is 5.92. The quantitative estimate of drug-likeness (QED) is 0.532. The minimum atomic E-state index is -0.123. The average Bonchev–Trinajstić information content (AvgIpc) is 2.52. The standard InChI is InChI=1S/C17H25NO4/c1-3-21-13-11-18(12-14-22-4-2)17(20)10-9-15-7-5-6-8-16(15)19/h5-10,19H,3-4,11-14H2,1-2H3/b10-9+. The monoisotopic (exact) mass is 307 g/mol. The molecule has 0 aromatic heterocycles. The number of hydrogen-bond donors (Lipinski definition) is 1. The number of carbonyl (C=O) groups is 1. The van der Waals surface area contributed by atoms with Crippen LogP contribution in [-0.4, -0.2) is 55.4 Å². The molecular formula is C17H25NO4. The minimum absolute atomic E-state index is 0.123. The van der Waals surface area contributed by atoms with Gasteiger partial charge in [-0.25, -0.2) is 0 Å². The Kier molecular flexibility index (Phi) is 8.95. The van der Waals surface area contributed by atoms with Crippen molar-refractivity contribution in [2.45, 2.75) is 13.8 Å². The molecule has 0 aliphatic rings. The van der Waals surface area contributed by atoms with Crippen LogP contribution in [0.2, 0.25) is 0 Å². The van der Waals surface area contributed by atoms with Crippen LogP contribution in [0.25, 0.3) is 6.08 Å². The predicted octanol–water partition coefficient (Wildman–Crippen LogP) is 2.31. The predicted molar refractivity (Wildman–Crippen MR) is 86.7 cm³/mol. The number of nitrogens with zero attached hydrogens (tertiary/aromatic N) is 1. The summed E-state index contributed by atoms with van der Waals surface area (Å²) < 4.78 is 10.6. The van der Waals surface area contributed by atoms with Crippen molar-refractivity contribution in [2.24, 2.45) is 0 Å². The van der Waals surface area contributed by atoms with Gasteiger partial charge in [-0.1, -0.05) is 18.2 Å². The Labute approximate surface area is 132 Å². The molecule has 0 heterocycles. The van der Waals surface area contributed by atoms with Gasteiger partial charge < -0.3 is 19.5 Å². The number of amides is 1. The highest BCUT2D eigenvalue weighted by Crippen LogP contribution is 2.17. The first kappa shape index (κ1) is 18.2. The zero-order valence-electron chi connectivity index (χ0n) is 13.3. The van der Waals surface area contributed by atoms with Crippen molar-refractivity contribution >= 4 is 12.0 Å². The fourth-order valence-corrected chi connectivity index (χ4v) is 1.87. The number of phenols is 1. The third kappa shape index (κ3) is 6.74. The van der Waals surface area contributed by atoms with Gasteiger partial charge in [-0.05, 0) is 26.0 Å². The summed E-state index contributed by atoms with van der Waals surface area (Å²) in [6, 6.07) is 6.90. The van der Waals surface area contributed by atoms with E-state index in [1.54, 1.807) is 29.2 Å². The number of carbonyl (C=O) groups excluding carboxylic acids is 1. The van der Waals surface area contributed by atoms with E-state index in [4.69, 9.17) is 9.47 Å². The lowest BCUT2D eigenvalue weighted by Gasteiger charge is -2.21. The van der Waals surface area contributed by atoms with Crippen LogP contribution in [0.4, 0.5) is 0 Å². The topological polar surface area (TPSA) is 59.0 Å².